The maximum atomic E-state index is 10.8. The number of hydrogen-bond donors (Lipinski definition) is 0. The van der Waals surface area contributed by atoms with E-state index in [2.05, 4.69) is 4.98 Å². The van der Waals surface area contributed by atoms with E-state index in [9.17, 15) is 8.76 Å². The predicted octanol–water partition coefficient (Wildman–Crippen LogP) is -1.38. The van der Waals surface area contributed by atoms with Gasteiger partial charge in [0.15, 0.2) is 0 Å². The summed E-state index contributed by atoms with van der Waals surface area (Å²) >= 11 is -2.20. The molecule has 0 aliphatic rings. The van der Waals surface area contributed by atoms with Gasteiger partial charge in [-0.1, -0.05) is 20.8 Å². The molecule has 0 saturated carbocycles. The Kier molecular flexibility index (Phi) is 5.03. The summed E-state index contributed by atoms with van der Waals surface area (Å²) in [4.78, 5) is 4.07. The smallest absolute Gasteiger partial charge is 0.768 e. The van der Waals surface area contributed by atoms with Crippen LogP contribution in [-0.2, 0) is 16.5 Å². The van der Waals surface area contributed by atoms with Crippen LogP contribution in [0, 0.1) is 0 Å². The summed E-state index contributed by atoms with van der Waals surface area (Å²) in [5.41, 5.74) is 0.633. The Bertz CT molecular complexity index is 336. The molecule has 1 unspecified atom stereocenters. The molecule has 1 rings (SSSR count). The van der Waals surface area contributed by atoms with Gasteiger partial charge < -0.3 is 4.55 Å². The molecule has 0 aliphatic heterocycles. The predicted molar refractivity (Wildman–Crippen MR) is 50.1 cm³/mol. The second kappa shape index (κ2) is 5.08. The van der Waals surface area contributed by atoms with Crippen LogP contribution in [0.1, 0.15) is 26.3 Å². The van der Waals surface area contributed by atoms with Gasteiger partial charge in [0, 0.05) is 17.3 Å². The Morgan fingerprint density at radius 1 is 1.43 bits per heavy atom. The van der Waals surface area contributed by atoms with E-state index in [-0.39, 0.29) is 29.2 Å². The summed E-state index contributed by atoms with van der Waals surface area (Å²) < 4.78 is 21.7. The third-order valence-corrected chi connectivity index (χ3v) is 2.46. The molecule has 5 heteroatoms. The first kappa shape index (κ1) is 13.9. The maximum absolute atomic E-state index is 10.8. The Morgan fingerprint density at radius 3 is 2.36 bits per heavy atom. The summed E-state index contributed by atoms with van der Waals surface area (Å²) in [7, 11) is 0. The van der Waals surface area contributed by atoms with Crippen molar-refractivity contribution in [2.24, 2.45) is 0 Å². The maximum Gasteiger partial charge on any atom is 1.00 e. The van der Waals surface area contributed by atoms with Crippen molar-refractivity contribution < 1.29 is 27.6 Å². The summed E-state index contributed by atoms with van der Waals surface area (Å²) in [5, 5.41) is 0. The first-order valence-electron chi connectivity index (χ1n) is 3.96. The second-order valence-electron chi connectivity index (χ2n) is 3.86. The van der Waals surface area contributed by atoms with E-state index in [1.54, 1.807) is 12.3 Å². The number of nitrogens with zero attached hydrogens (tertiary/aromatic N) is 1. The average Bonchev–Trinajstić information content (AvgIpc) is 2.03. The standard InChI is InChI=1S/C9H13NO2S.Li/c1-9(2,3)7-4-5-10-6-8(7)13(11)12;/h4-6H,1-3H3,(H,11,12);/q;+1/p-1. The SMILES string of the molecule is CC(C)(C)c1ccncc1S(=O)[O-].[Li+]. The molecule has 0 bridgehead atoms. The quantitative estimate of drug-likeness (QED) is 0.419. The average molecular weight is 205 g/mol. The van der Waals surface area contributed by atoms with E-state index in [1.165, 1.54) is 6.20 Å². The zero-order chi connectivity index (χ0) is 10.1. The van der Waals surface area contributed by atoms with Crippen LogP contribution in [-0.4, -0.2) is 13.7 Å². The van der Waals surface area contributed by atoms with Crippen LogP contribution in [0.2, 0.25) is 0 Å². The molecule has 0 aliphatic carbocycles. The minimum atomic E-state index is -2.20. The van der Waals surface area contributed by atoms with Gasteiger partial charge in [-0.15, -0.1) is 0 Å². The van der Waals surface area contributed by atoms with E-state index in [0.29, 0.717) is 0 Å². The molecular weight excluding hydrogens is 193 g/mol. The first-order valence-corrected chi connectivity index (χ1v) is 5.04. The van der Waals surface area contributed by atoms with Crippen LogP contribution < -0.4 is 18.9 Å². The molecule has 0 amide bonds. The van der Waals surface area contributed by atoms with Crippen molar-refractivity contribution in [3.63, 3.8) is 0 Å². The zero-order valence-corrected chi connectivity index (χ0v) is 9.72. The number of aromatic nitrogens is 1. The molecule has 1 heterocycles. The summed E-state index contributed by atoms with van der Waals surface area (Å²) in [6.07, 6.45) is 2.99. The van der Waals surface area contributed by atoms with Gasteiger partial charge in [0.2, 0.25) is 0 Å². The monoisotopic (exact) mass is 205 g/mol. The topological polar surface area (TPSA) is 53.0 Å². The fraction of sp³-hybridized carbons (Fsp3) is 0.444. The second-order valence-corrected chi connectivity index (χ2v) is 4.77. The van der Waals surface area contributed by atoms with Gasteiger partial charge in [0.05, 0.1) is 0 Å². The van der Waals surface area contributed by atoms with Gasteiger partial charge >= 0.3 is 18.9 Å². The molecule has 1 aromatic heterocycles. The van der Waals surface area contributed by atoms with Gasteiger partial charge in [-0.25, -0.2) is 0 Å². The molecule has 0 radical (unpaired) electrons. The van der Waals surface area contributed by atoms with Crippen LogP contribution in [0.4, 0.5) is 0 Å². The summed E-state index contributed by atoms with van der Waals surface area (Å²) in [5.74, 6) is 0. The van der Waals surface area contributed by atoms with E-state index >= 15 is 0 Å². The Hall–Kier alpha value is -0.143. The molecule has 1 aromatic rings. The van der Waals surface area contributed by atoms with Crippen LogP contribution >= 0.6 is 0 Å². The van der Waals surface area contributed by atoms with Gasteiger partial charge in [-0.3, -0.25) is 9.19 Å². The molecule has 72 valence electrons. The minimum Gasteiger partial charge on any atom is -0.768 e. The van der Waals surface area contributed by atoms with Crippen LogP contribution in [0.5, 0.6) is 0 Å². The molecular formula is C9H12LiNO2S. The Labute approximate surface area is 98.8 Å². The van der Waals surface area contributed by atoms with Gasteiger partial charge in [-0.05, 0) is 28.1 Å². The van der Waals surface area contributed by atoms with Crippen LogP contribution in [0.25, 0.3) is 0 Å². The van der Waals surface area contributed by atoms with Gasteiger partial charge in [0.25, 0.3) is 0 Å². The minimum absolute atomic E-state index is 0. The molecule has 1 atom stereocenters. The number of pyridine rings is 1. The summed E-state index contributed by atoms with van der Waals surface area (Å²) in [6, 6.07) is 1.74. The third-order valence-electron chi connectivity index (χ3n) is 1.77. The number of hydrogen-bond acceptors (Lipinski definition) is 3. The largest absolute Gasteiger partial charge is 1.00 e. The van der Waals surface area contributed by atoms with E-state index in [4.69, 9.17) is 0 Å². The molecule has 14 heavy (non-hydrogen) atoms. The van der Waals surface area contributed by atoms with Gasteiger partial charge in [-0.2, -0.15) is 0 Å². The van der Waals surface area contributed by atoms with E-state index in [0.717, 1.165) is 5.56 Å². The molecule has 0 N–H and O–H groups in total. The fourth-order valence-corrected chi connectivity index (χ4v) is 1.83. The van der Waals surface area contributed by atoms with Crippen molar-refractivity contribution in [3.05, 3.63) is 24.0 Å². The normalized spacial score (nSPS) is 13.1. The zero-order valence-electron chi connectivity index (χ0n) is 8.90. The molecule has 0 fully saturated rings. The van der Waals surface area contributed by atoms with Crippen molar-refractivity contribution in [2.45, 2.75) is 31.1 Å². The molecule has 0 spiro atoms. The van der Waals surface area contributed by atoms with E-state index in [1.807, 2.05) is 20.8 Å². The van der Waals surface area contributed by atoms with Crippen molar-refractivity contribution in [1.82, 2.24) is 4.98 Å². The van der Waals surface area contributed by atoms with Crippen molar-refractivity contribution in [2.75, 3.05) is 0 Å². The molecule has 0 saturated heterocycles. The first-order chi connectivity index (χ1) is 5.93. The van der Waals surface area contributed by atoms with Crippen molar-refractivity contribution in [1.29, 1.82) is 0 Å². The molecule has 0 aromatic carbocycles. The van der Waals surface area contributed by atoms with Crippen LogP contribution in [0.15, 0.2) is 23.4 Å². The van der Waals surface area contributed by atoms with Crippen molar-refractivity contribution >= 4 is 11.1 Å². The van der Waals surface area contributed by atoms with Crippen LogP contribution in [0.3, 0.4) is 0 Å². The molecule has 3 nitrogen and oxygen atoms in total. The van der Waals surface area contributed by atoms with Gasteiger partial charge in [0.1, 0.15) is 0 Å². The summed E-state index contributed by atoms with van der Waals surface area (Å²) in [6.45, 7) is 5.91. The fourth-order valence-electron chi connectivity index (χ4n) is 1.13. The Morgan fingerprint density at radius 2 is 2.00 bits per heavy atom. The van der Waals surface area contributed by atoms with Crippen molar-refractivity contribution in [3.8, 4) is 0 Å². The Balaban J connectivity index is 0.00000169. The number of rotatable bonds is 1. The van der Waals surface area contributed by atoms with E-state index < -0.39 is 11.1 Å². The third kappa shape index (κ3) is 3.21.